The number of ether oxygens (including phenoxy) is 2. The van der Waals surface area contributed by atoms with Gasteiger partial charge in [-0.05, 0) is 68.9 Å². The van der Waals surface area contributed by atoms with Crippen LogP contribution in [0.5, 0.6) is 0 Å². The van der Waals surface area contributed by atoms with Crippen molar-refractivity contribution in [2.45, 2.75) is 65.9 Å². The Morgan fingerprint density at radius 1 is 1.21 bits per heavy atom. The molecule has 24 heavy (non-hydrogen) atoms. The Kier molecular flexibility index (Phi) is 4.79. The Morgan fingerprint density at radius 2 is 1.92 bits per heavy atom. The van der Waals surface area contributed by atoms with Gasteiger partial charge in [0, 0.05) is 18.8 Å². The summed E-state index contributed by atoms with van der Waals surface area (Å²) in [6.45, 7) is 12.2. The quantitative estimate of drug-likeness (QED) is 0.835. The van der Waals surface area contributed by atoms with Crippen LogP contribution >= 0.6 is 0 Å². The lowest BCUT2D eigenvalue weighted by molar-refractivity contribution is -0.180. The predicted octanol–water partition coefficient (Wildman–Crippen LogP) is 3.88. The van der Waals surface area contributed by atoms with Crippen LogP contribution in [0.25, 0.3) is 0 Å². The van der Waals surface area contributed by atoms with Gasteiger partial charge < -0.3 is 14.0 Å². The summed E-state index contributed by atoms with van der Waals surface area (Å²) in [5.74, 6) is -0.559. The second kappa shape index (κ2) is 6.69. The van der Waals surface area contributed by atoms with Crippen LogP contribution in [-0.2, 0) is 22.4 Å². The van der Waals surface area contributed by atoms with Gasteiger partial charge in [0.1, 0.15) is 0 Å². The zero-order chi connectivity index (χ0) is 17.3. The van der Waals surface area contributed by atoms with Gasteiger partial charge in [-0.2, -0.15) is 0 Å². The maximum absolute atomic E-state index is 6.21. The van der Waals surface area contributed by atoms with E-state index in [0.717, 1.165) is 12.8 Å². The molecule has 1 aliphatic rings. The molecule has 130 valence electrons. The SMILES string of the molecule is Cc1cc(C)c(C)c(CCC2(Cn3ccnc3)OCC(C)O2)c1C. The molecule has 0 bridgehead atoms. The van der Waals surface area contributed by atoms with Crippen molar-refractivity contribution >= 4 is 0 Å². The molecule has 0 radical (unpaired) electrons. The average molecular weight is 328 g/mol. The third-order valence-electron chi connectivity index (χ3n) is 5.26. The minimum Gasteiger partial charge on any atom is -0.345 e. The van der Waals surface area contributed by atoms with Gasteiger partial charge in [0.2, 0.25) is 0 Å². The molecule has 1 aliphatic heterocycles. The van der Waals surface area contributed by atoms with Crippen molar-refractivity contribution in [3.8, 4) is 0 Å². The topological polar surface area (TPSA) is 36.3 Å². The molecule has 1 aromatic carbocycles. The first-order valence-corrected chi connectivity index (χ1v) is 8.74. The van der Waals surface area contributed by atoms with Crippen molar-refractivity contribution in [3.05, 3.63) is 52.6 Å². The Labute approximate surface area is 144 Å². The molecule has 0 N–H and O–H groups in total. The lowest BCUT2D eigenvalue weighted by atomic mass is 9.90. The smallest absolute Gasteiger partial charge is 0.187 e. The van der Waals surface area contributed by atoms with Crippen molar-refractivity contribution in [1.82, 2.24) is 9.55 Å². The van der Waals surface area contributed by atoms with Gasteiger partial charge >= 0.3 is 0 Å². The van der Waals surface area contributed by atoms with Crippen LogP contribution in [-0.4, -0.2) is 28.0 Å². The van der Waals surface area contributed by atoms with Crippen LogP contribution in [0, 0.1) is 27.7 Å². The first kappa shape index (κ1) is 17.2. The number of hydrogen-bond acceptors (Lipinski definition) is 3. The van der Waals surface area contributed by atoms with Crippen molar-refractivity contribution in [3.63, 3.8) is 0 Å². The molecule has 4 nitrogen and oxygen atoms in total. The molecular formula is C20H28N2O2. The Balaban J connectivity index is 1.82. The van der Waals surface area contributed by atoms with Crippen LogP contribution < -0.4 is 0 Å². The van der Waals surface area contributed by atoms with Crippen LogP contribution in [0.15, 0.2) is 24.8 Å². The molecular weight excluding hydrogens is 300 g/mol. The van der Waals surface area contributed by atoms with Crippen LogP contribution in [0.3, 0.4) is 0 Å². The molecule has 0 saturated carbocycles. The summed E-state index contributed by atoms with van der Waals surface area (Å²) in [4.78, 5) is 4.14. The number of aromatic nitrogens is 2. The van der Waals surface area contributed by atoms with Crippen molar-refractivity contribution in [1.29, 1.82) is 0 Å². The minimum absolute atomic E-state index is 0.134. The summed E-state index contributed by atoms with van der Waals surface area (Å²) >= 11 is 0. The molecule has 2 unspecified atom stereocenters. The highest BCUT2D eigenvalue weighted by atomic mass is 16.7. The number of benzene rings is 1. The molecule has 2 atom stereocenters. The van der Waals surface area contributed by atoms with Gasteiger partial charge in [-0.3, -0.25) is 0 Å². The zero-order valence-corrected chi connectivity index (χ0v) is 15.4. The van der Waals surface area contributed by atoms with E-state index in [1.54, 1.807) is 6.20 Å². The van der Waals surface area contributed by atoms with Crippen LogP contribution in [0.4, 0.5) is 0 Å². The van der Waals surface area contributed by atoms with E-state index in [1.165, 1.54) is 27.8 Å². The summed E-state index contributed by atoms with van der Waals surface area (Å²) in [6, 6.07) is 2.28. The number of aryl methyl sites for hydroxylation is 2. The molecule has 3 rings (SSSR count). The van der Waals surface area contributed by atoms with Crippen LogP contribution in [0.1, 0.15) is 41.2 Å². The maximum Gasteiger partial charge on any atom is 0.187 e. The number of rotatable bonds is 5. The van der Waals surface area contributed by atoms with Gasteiger partial charge in [0.05, 0.1) is 25.6 Å². The van der Waals surface area contributed by atoms with Gasteiger partial charge in [-0.1, -0.05) is 6.07 Å². The highest BCUT2D eigenvalue weighted by Crippen LogP contribution is 2.32. The first-order chi connectivity index (χ1) is 11.4. The molecule has 2 heterocycles. The molecule has 0 amide bonds. The van der Waals surface area contributed by atoms with E-state index in [4.69, 9.17) is 9.47 Å². The Hall–Kier alpha value is -1.65. The Morgan fingerprint density at radius 3 is 2.46 bits per heavy atom. The molecule has 0 aliphatic carbocycles. The van der Waals surface area contributed by atoms with E-state index >= 15 is 0 Å². The van der Waals surface area contributed by atoms with Crippen LogP contribution in [0.2, 0.25) is 0 Å². The van der Waals surface area contributed by atoms with Gasteiger partial charge in [-0.15, -0.1) is 0 Å². The van der Waals surface area contributed by atoms with E-state index in [0.29, 0.717) is 13.2 Å². The van der Waals surface area contributed by atoms with Gasteiger partial charge in [0.25, 0.3) is 0 Å². The summed E-state index contributed by atoms with van der Waals surface area (Å²) in [5.41, 5.74) is 6.94. The van der Waals surface area contributed by atoms with Gasteiger partial charge in [-0.25, -0.2) is 4.98 Å². The monoisotopic (exact) mass is 328 g/mol. The zero-order valence-electron chi connectivity index (χ0n) is 15.4. The fourth-order valence-corrected chi connectivity index (χ4v) is 3.64. The molecule has 4 heteroatoms. The minimum atomic E-state index is -0.559. The molecule has 0 spiro atoms. The van der Waals surface area contributed by atoms with Crippen molar-refractivity contribution in [2.75, 3.05) is 6.61 Å². The maximum atomic E-state index is 6.21. The van der Waals surface area contributed by atoms with E-state index in [2.05, 4.69) is 45.7 Å². The fourth-order valence-electron chi connectivity index (χ4n) is 3.64. The van der Waals surface area contributed by atoms with E-state index in [-0.39, 0.29) is 6.10 Å². The third-order valence-corrected chi connectivity index (χ3v) is 5.26. The van der Waals surface area contributed by atoms with E-state index < -0.39 is 5.79 Å². The van der Waals surface area contributed by atoms with Gasteiger partial charge in [0.15, 0.2) is 5.79 Å². The van der Waals surface area contributed by atoms with Crippen molar-refractivity contribution in [2.24, 2.45) is 0 Å². The number of imidazole rings is 1. The number of nitrogens with zero attached hydrogens (tertiary/aromatic N) is 2. The third kappa shape index (κ3) is 3.40. The largest absolute Gasteiger partial charge is 0.345 e. The highest BCUT2D eigenvalue weighted by Gasteiger charge is 2.40. The summed E-state index contributed by atoms with van der Waals surface area (Å²) < 4.78 is 14.4. The van der Waals surface area contributed by atoms with E-state index in [9.17, 15) is 0 Å². The van der Waals surface area contributed by atoms with E-state index in [1.807, 2.05) is 17.1 Å². The molecule has 1 fully saturated rings. The summed E-state index contributed by atoms with van der Waals surface area (Å²) in [7, 11) is 0. The van der Waals surface area contributed by atoms with Crippen molar-refractivity contribution < 1.29 is 9.47 Å². The lowest BCUT2D eigenvalue weighted by Crippen LogP contribution is -2.36. The highest BCUT2D eigenvalue weighted by molar-refractivity contribution is 5.44. The number of hydrogen-bond donors (Lipinski definition) is 0. The molecule has 1 saturated heterocycles. The second-order valence-electron chi connectivity index (χ2n) is 7.12. The Bertz CT molecular complexity index is 683. The first-order valence-electron chi connectivity index (χ1n) is 8.74. The molecule has 2 aromatic rings. The second-order valence-corrected chi connectivity index (χ2v) is 7.12. The summed E-state index contributed by atoms with van der Waals surface area (Å²) in [5, 5.41) is 0. The molecule has 1 aromatic heterocycles. The predicted molar refractivity (Wildman–Crippen MR) is 95.2 cm³/mol. The average Bonchev–Trinajstić information content (AvgIpc) is 3.16. The fraction of sp³-hybridized carbons (Fsp3) is 0.550. The standard InChI is InChI=1S/C20H28N2O2/c1-14-10-15(2)18(5)19(17(14)4)6-7-20(23-11-16(3)24-20)12-22-9-8-21-13-22/h8-10,13,16H,6-7,11-12H2,1-5H3. The normalized spacial score (nSPS) is 23.8. The lowest BCUT2D eigenvalue weighted by Gasteiger charge is -2.29. The summed E-state index contributed by atoms with van der Waals surface area (Å²) in [6.07, 6.45) is 7.52.